The van der Waals surface area contributed by atoms with Crippen LogP contribution in [0.1, 0.15) is 12.5 Å². The standard InChI is InChI=1S/C17H17NO/c1-3-18-16-10-9-14(19)11-15(16)12(2)17(18)13-7-5-4-6-8-13/h4-11,19H,3H2,1-2H3. The number of rotatable bonds is 2. The molecule has 0 amide bonds. The molecule has 0 bridgehead atoms. The summed E-state index contributed by atoms with van der Waals surface area (Å²) >= 11 is 0. The Morgan fingerprint density at radius 2 is 1.79 bits per heavy atom. The topological polar surface area (TPSA) is 25.2 Å². The van der Waals surface area contributed by atoms with Gasteiger partial charge in [-0.05, 0) is 43.2 Å². The highest BCUT2D eigenvalue weighted by atomic mass is 16.3. The minimum atomic E-state index is 0.323. The Labute approximate surface area is 112 Å². The first-order chi connectivity index (χ1) is 9.22. The summed E-state index contributed by atoms with van der Waals surface area (Å²) in [6.45, 7) is 5.19. The van der Waals surface area contributed by atoms with E-state index in [-0.39, 0.29) is 0 Å². The van der Waals surface area contributed by atoms with E-state index < -0.39 is 0 Å². The van der Waals surface area contributed by atoms with Crippen LogP contribution < -0.4 is 0 Å². The normalized spacial score (nSPS) is 11.1. The Bertz CT molecular complexity index is 726. The zero-order chi connectivity index (χ0) is 13.4. The van der Waals surface area contributed by atoms with Crippen molar-refractivity contribution in [2.24, 2.45) is 0 Å². The summed E-state index contributed by atoms with van der Waals surface area (Å²) in [6.07, 6.45) is 0. The van der Waals surface area contributed by atoms with E-state index in [4.69, 9.17) is 0 Å². The molecule has 1 aromatic heterocycles. The average Bonchev–Trinajstić information content (AvgIpc) is 2.72. The lowest BCUT2D eigenvalue weighted by atomic mass is 10.1. The molecule has 3 rings (SSSR count). The third kappa shape index (κ3) is 1.80. The molecular formula is C17H17NO. The minimum Gasteiger partial charge on any atom is -0.508 e. The van der Waals surface area contributed by atoms with Gasteiger partial charge in [-0.3, -0.25) is 0 Å². The van der Waals surface area contributed by atoms with E-state index in [1.165, 1.54) is 22.3 Å². The van der Waals surface area contributed by atoms with E-state index in [2.05, 4.69) is 42.7 Å². The van der Waals surface area contributed by atoms with Crippen LogP contribution in [0.2, 0.25) is 0 Å². The second-order valence-electron chi connectivity index (χ2n) is 4.79. The van der Waals surface area contributed by atoms with Crippen LogP contribution in [-0.2, 0) is 6.54 Å². The van der Waals surface area contributed by atoms with Gasteiger partial charge in [0.05, 0.1) is 5.69 Å². The first kappa shape index (κ1) is 11.8. The molecule has 0 saturated carbocycles. The predicted octanol–water partition coefficient (Wildman–Crippen LogP) is 4.34. The number of benzene rings is 2. The van der Waals surface area contributed by atoms with Crippen molar-refractivity contribution in [2.75, 3.05) is 0 Å². The fourth-order valence-corrected chi connectivity index (χ4v) is 2.81. The number of hydrogen-bond donors (Lipinski definition) is 1. The lowest BCUT2D eigenvalue weighted by molar-refractivity contribution is 0.476. The molecule has 0 saturated heterocycles. The third-order valence-corrected chi connectivity index (χ3v) is 3.66. The van der Waals surface area contributed by atoms with Crippen LogP contribution in [0.4, 0.5) is 0 Å². The molecule has 2 aromatic carbocycles. The minimum absolute atomic E-state index is 0.323. The zero-order valence-electron chi connectivity index (χ0n) is 11.2. The van der Waals surface area contributed by atoms with Crippen LogP contribution in [-0.4, -0.2) is 9.67 Å². The van der Waals surface area contributed by atoms with Gasteiger partial charge in [-0.2, -0.15) is 0 Å². The molecule has 0 aliphatic rings. The maximum Gasteiger partial charge on any atom is 0.116 e. The number of aromatic nitrogens is 1. The van der Waals surface area contributed by atoms with Gasteiger partial charge in [0, 0.05) is 17.4 Å². The maximum absolute atomic E-state index is 9.69. The molecular weight excluding hydrogens is 234 g/mol. The van der Waals surface area contributed by atoms with Gasteiger partial charge in [0.2, 0.25) is 0 Å². The molecule has 0 radical (unpaired) electrons. The van der Waals surface area contributed by atoms with Gasteiger partial charge < -0.3 is 9.67 Å². The fraction of sp³-hybridized carbons (Fsp3) is 0.176. The largest absolute Gasteiger partial charge is 0.508 e. The van der Waals surface area contributed by atoms with Crippen molar-refractivity contribution in [1.29, 1.82) is 0 Å². The van der Waals surface area contributed by atoms with Crippen molar-refractivity contribution in [1.82, 2.24) is 4.57 Å². The summed E-state index contributed by atoms with van der Waals surface area (Å²) in [5.41, 5.74) is 4.86. The van der Waals surface area contributed by atoms with Crippen molar-refractivity contribution in [3.63, 3.8) is 0 Å². The molecule has 2 heteroatoms. The Morgan fingerprint density at radius 1 is 1.05 bits per heavy atom. The Balaban J connectivity index is 2.39. The molecule has 1 N–H and O–H groups in total. The van der Waals surface area contributed by atoms with Crippen molar-refractivity contribution in [3.05, 3.63) is 54.1 Å². The van der Waals surface area contributed by atoms with Gasteiger partial charge in [0.15, 0.2) is 0 Å². The summed E-state index contributed by atoms with van der Waals surface area (Å²) in [5.74, 6) is 0.323. The molecule has 0 atom stereocenters. The van der Waals surface area contributed by atoms with E-state index in [9.17, 15) is 5.11 Å². The SMILES string of the molecule is CCn1c(-c2ccccc2)c(C)c2cc(O)ccc21. The van der Waals surface area contributed by atoms with E-state index in [1.54, 1.807) is 6.07 Å². The quantitative estimate of drug-likeness (QED) is 0.720. The van der Waals surface area contributed by atoms with E-state index in [0.29, 0.717) is 5.75 Å². The summed E-state index contributed by atoms with van der Waals surface area (Å²) in [5, 5.41) is 10.8. The van der Waals surface area contributed by atoms with E-state index in [1.807, 2.05) is 18.2 Å². The van der Waals surface area contributed by atoms with Gasteiger partial charge in [-0.15, -0.1) is 0 Å². The number of phenols is 1. The van der Waals surface area contributed by atoms with Gasteiger partial charge in [-0.25, -0.2) is 0 Å². The molecule has 0 aliphatic heterocycles. The van der Waals surface area contributed by atoms with Crippen LogP contribution in [0, 0.1) is 6.92 Å². The first-order valence-electron chi connectivity index (χ1n) is 6.59. The Hall–Kier alpha value is -2.22. The molecule has 96 valence electrons. The van der Waals surface area contributed by atoms with Crippen LogP contribution in [0.3, 0.4) is 0 Å². The molecule has 0 fully saturated rings. The lowest BCUT2D eigenvalue weighted by Gasteiger charge is -2.09. The maximum atomic E-state index is 9.69. The van der Waals surface area contributed by atoms with Gasteiger partial charge in [-0.1, -0.05) is 30.3 Å². The number of aromatic hydroxyl groups is 1. The molecule has 1 heterocycles. The highest BCUT2D eigenvalue weighted by Gasteiger charge is 2.14. The number of phenolic OH excluding ortho intramolecular Hbond substituents is 1. The number of hydrogen-bond acceptors (Lipinski definition) is 1. The zero-order valence-corrected chi connectivity index (χ0v) is 11.2. The fourth-order valence-electron chi connectivity index (χ4n) is 2.81. The van der Waals surface area contributed by atoms with E-state index in [0.717, 1.165) is 11.9 Å². The van der Waals surface area contributed by atoms with Crippen molar-refractivity contribution < 1.29 is 5.11 Å². The Morgan fingerprint density at radius 3 is 2.47 bits per heavy atom. The highest BCUT2D eigenvalue weighted by molar-refractivity contribution is 5.92. The number of nitrogens with zero attached hydrogens (tertiary/aromatic N) is 1. The molecule has 0 aliphatic carbocycles. The molecule has 3 aromatic rings. The lowest BCUT2D eigenvalue weighted by Crippen LogP contribution is -1.97. The molecule has 19 heavy (non-hydrogen) atoms. The van der Waals surface area contributed by atoms with E-state index >= 15 is 0 Å². The second kappa shape index (κ2) is 4.47. The van der Waals surface area contributed by atoms with Gasteiger partial charge >= 0.3 is 0 Å². The summed E-state index contributed by atoms with van der Waals surface area (Å²) in [7, 11) is 0. The summed E-state index contributed by atoms with van der Waals surface area (Å²) < 4.78 is 2.30. The van der Waals surface area contributed by atoms with Crippen LogP contribution in [0.25, 0.3) is 22.2 Å². The Kier molecular flexibility index (Phi) is 2.79. The summed E-state index contributed by atoms with van der Waals surface area (Å²) in [4.78, 5) is 0. The molecule has 0 spiro atoms. The van der Waals surface area contributed by atoms with Crippen LogP contribution in [0.15, 0.2) is 48.5 Å². The van der Waals surface area contributed by atoms with Gasteiger partial charge in [0.25, 0.3) is 0 Å². The summed E-state index contributed by atoms with van der Waals surface area (Å²) in [6, 6.07) is 16.0. The molecule has 0 unspecified atom stereocenters. The molecule has 2 nitrogen and oxygen atoms in total. The van der Waals surface area contributed by atoms with Crippen molar-refractivity contribution in [3.8, 4) is 17.0 Å². The third-order valence-electron chi connectivity index (χ3n) is 3.66. The first-order valence-corrected chi connectivity index (χ1v) is 6.59. The smallest absolute Gasteiger partial charge is 0.116 e. The van der Waals surface area contributed by atoms with Crippen molar-refractivity contribution in [2.45, 2.75) is 20.4 Å². The van der Waals surface area contributed by atoms with Gasteiger partial charge in [0.1, 0.15) is 5.75 Å². The van der Waals surface area contributed by atoms with Crippen molar-refractivity contribution >= 4 is 10.9 Å². The average molecular weight is 251 g/mol. The van der Waals surface area contributed by atoms with Crippen LogP contribution >= 0.6 is 0 Å². The second-order valence-corrected chi connectivity index (χ2v) is 4.79. The number of aryl methyl sites for hydroxylation is 2. The highest BCUT2D eigenvalue weighted by Crippen LogP contribution is 2.34. The monoisotopic (exact) mass is 251 g/mol. The number of fused-ring (bicyclic) bond motifs is 1. The predicted molar refractivity (Wildman–Crippen MR) is 79.4 cm³/mol. The van der Waals surface area contributed by atoms with Crippen LogP contribution in [0.5, 0.6) is 5.75 Å².